The van der Waals surface area contributed by atoms with Crippen LogP contribution >= 0.6 is 0 Å². The van der Waals surface area contributed by atoms with Gasteiger partial charge in [-0.3, -0.25) is 4.79 Å². The number of aliphatic hydroxyl groups is 1. The molecule has 1 fully saturated rings. The lowest BCUT2D eigenvalue weighted by molar-refractivity contribution is -0.161. The molecule has 2 heterocycles. The minimum Gasteiger partial charge on any atom is -0.381 e. The number of carbonyl (C=O) groups is 1. The van der Waals surface area contributed by atoms with Gasteiger partial charge in [0.25, 0.3) is 5.91 Å². The number of nitrogens with zero attached hydrogens (tertiary/aromatic N) is 1. The summed E-state index contributed by atoms with van der Waals surface area (Å²) in [4.78, 5) is 12.4. The second kappa shape index (κ2) is 1.83. The van der Waals surface area contributed by atoms with Gasteiger partial charge in [-0.15, -0.1) is 0 Å². The normalized spacial score (nSPS) is 37.3. The van der Waals surface area contributed by atoms with Crippen molar-refractivity contribution in [2.45, 2.75) is 25.0 Å². The molecule has 1 N–H and O–H groups in total. The molecule has 0 aliphatic carbocycles. The predicted octanol–water partition coefficient (Wildman–Crippen LogP) is -0.134. The fraction of sp³-hybridized carbons (Fsp3) is 0.571. The molecule has 2 rings (SSSR count). The molecule has 2 atom stereocenters. The molecule has 2 aliphatic heterocycles. The number of amides is 1. The maximum atomic E-state index is 10.8. The third-order valence-electron chi connectivity index (χ3n) is 2.12. The van der Waals surface area contributed by atoms with E-state index >= 15 is 0 Å². The van der Waals surface area contributed by atoms with Crippen LogP contribution in [0.5, 0.6) is 0 Å². The Kier molecular flexibility index (Phi) is 1.08. The van der Waals surface area contributed by atoms with E-state index in [1.807, 2.05) is 6.08 Å². The maximum absolute atomic E-state index is 10.8. The van der Waals surface area contributed by atoms with Crippen molar-refractivity contribution in [1.82, 2.24) is 4.90 Å². The molecule has 10 heavy (non-hydrogen) atoms. The van der Waals surface area contributed by atoms with Crippen molar-refractivity contribution in [3.05, 3.63) is 12.3 Å². The fourth-order valence-corrected chi connectivity index (χ4v) is 1.49. The number of rotatable bonds is 0. The van der Waals surface area contributed by atoms with Gasteiger partial charge in [0.1, 0.15) is 0 Å². The average Bonchev–Trinajstić information content (AvgIpc) is 2.03. The van der Waals surface area contributed by atoms with Crippen molar-refractivity contribution < 1.29 is 9.90 Å². The SMILES string of the molecule is O=C1C(O)[C@@H]2CCC=CN12. The van der Waals surface area contributed by atoms with Gasteiger partial charge in [-0.05, 0) is 12.8 Å². The van der Waals surface area contributed by atoms with Gasteiger partial charge in [0.15, 0.2) is 6.10 Å². The van der Waals surface area contributed by atoms with E-state index in [2.05, 4.69) is 0 Å². The molecule has 54 valence electrons. The Bertz CT molecular complexity index is 200. The van der Waals surface area contributed by atoms with Gasteiger partial charge in [0, 0.05) is 6.20 Å². The molecule has 0 bridgehead atoms. The summed E-state index contributed by atoms with van der Waals surface area (Å²) in [6, 6.07) is 0.0810. The molecule has 2 aliphatic rings. The van der Waals surface area contributed by atoms with Gasteiger partial charge in [-0.2, -0.15) is 0 Å². The number of fused-ring (bicyclic) bond motifs is 1. The Morgan fingerprint density at radius 1 is 1.70 bits per heavy atom. The smallest absolute Gasteiger partial charge is 0.257 e. The highest BCUT2D eigenvalue weighted by molar-refractivity contribution is 5.89. The quantitative estimate of drug-likeness (QED) is 0.475. The molecule has 1 saturated heterocycles. The lowest BCUT2D eigenvalue weighted by atomic mass is 9.92. The van der Waals surface area contributed by atoms with Crippen LogP contribution in [0.1, 0.15) is 12.8 Å². The summed E-state index contributed by atoms with van der Waals surface area (Å²) in [5, 5.41) is 9.09. The first-order valence-electron chi connectivity index (χ1n) is 3.47. The van der Waals surface area contributed by atoms with Crippen LogP contribution in [0.15, 0.2) is 12.3 Å². The second-order valence-corrected chi connectivity index (χ2v) is 2.72. The van der Waals surface area contributed by atoms with Crippen LogP contribution in [0, 0.1) is 0 Å². The summed E-state index contributed by atoms with van der Waals surface area (Å²) in [5.41, 5.74) is 0. The fourth-order valence-electron chi connectivity index (χ4n) is 1.49. The van der Waals surface area contributed by atoms with Crippen LogP contribution in [0.2, 0.25) is 0 Å². The Hall–Kier alpha value is -0.830. The topological polar surface area (TPSA) is 40.5 Å². The van der Waals surface area contributed by atoms with Crippen LogP contribution in [0.4, 0.5) is 0 Å². The Labute approximate surface area is 58.9 Å². The lowest BCUT2D eigenvalue weighted by Crippen LogP contribution is -2.62. The van der Waals surface area contributed by atoms with E-state index in [1.54, 1.807) is 11.1 Å². The first kappa shape index (κ1) is 5.92. The summed E-state index contributed by atoms with van der Waals surface area (Å²) in [6.45, 7) is 0. The van der Waals surface area contributed by atoms with Gasteiger partial charge < -0.3 is 10.0 Å². The van der Waals surface area contributed by atoms with Gasteiger partial charge in [-0.25, -0.2) is 0 Å². The van der Waals surface area contributed by atoms with E-state index in [-0.39, 0.29) is 11.9 Å². The molecule has 0 aromatic heterocycles. The van der Waals surface area contributed by atoms with Gasteiger partial charge >= 0.3 is 0 Å². The number of β-lactam (4-membered cyclic amide) rings is 1. The molecule has 0 aromatic carbocycles. The number of allylic oxidation sites excluding steroid dienone is 1. The number of carbonyl (C=O) groups excluding carboxylic acids is 1. The van der Waals surface area contributed by atoms with Crippen molar-refractivity contribution in [2.75, 3.05) is 0 Å². The lowest BCUT2D eigenvalue weighted by Gasteiger charge is -2.44. The Balaban J connectivity index is 2.18. The minimum absolute atomic E-state index is 0.0810. The van der Waals surface area contributed by atoms with E-state index < -0.39 is 6.10 Å². The van der Waals surface area contributed by atoms with E-state index in [4.69, 9.17) is 5.11 Å². The molecule has 0 saturated carbocycles. The van der Waals surface area contributed by atoms with E-state index in [0.717, 1.165) is 12.8 Å². The van der Waals surface area contributed by atoms with Crippen molar-refractivity contribution >= 4 is 5.91 Å². The molecular formula is C7H9NO2. The second-order valence-electron chi connectivity index (χ2n) is 2.72. The average molecular weight is 139 g/mol. The van der Waals surface area contributed by atoms with Crippen LogP contribution in [-0.2, 0) is 4.79 Å². The zero-order valence-electron chi connectivity index (χ0n) is 5.53. The first-order valence-corrected chi connectivity index (χ1v) is 3.47. The van der Waals surface area contributed by atoms with Gasteiger partial charge in [0.2, 0.25) is 0 Å². The standard InChI is InChI=1S/C7H9NO2/c9-6-5-3-1-2-4-8(5)7(6)10/h2,4-6,9H,1,3H2/t5-,6?/m0/s1. The molecule has 0 radical (unpaired) electrons. The van der Waals surface area contributed by atoms with Gasteiger partial charge in [0.05, 0.1) is 6.04 Å². The zero-order chi connectivity index (χ0) is 7.14. The van der Waals surface area contributed by atoms with Crippen LogP contribution in [-0.4, -0.2) is 28.1 Å². The summed E-state index contributed by atoms with van der Waals surface area (Å²) in [7, 11) is 0. The molecule has 3 heteroatoms. The van der Waals surface area contributed by atoms with E-state index in [0.29, 0.717) is 0 Å². The van der Waals surface area contributed by atoms with Crippen molar-refractivity contribution in [2.24, 2.45) is 0 Å². The number of hydrogen-bond donors (Lipinski definition) is 1. The number of aliphatic hydroxyl groups excluding tert-OH is 1. The Morgan fingerprint density at radius 2 is 2.50 bits per heavy atom. The predicted molar refractivity (Wildman–Crippen MR) is 35.0 cm³/mol. The molecule has 3 nitrogen and oxygen atoms in total. The highest BCUT2D eigenvalue weighted by atomic mass is 16.3. The highest BCUT2D eigenvalue weighted by Crippen LogP contribution is 2.27. The van der Waals surface area contributed by atoms with Crippen LogP contribution < -0.4 is 0 Å². The largest absolute Gasteiger partial charge is 0.381 e. The summed E-state index contributed by atoms with van der Waals surface area (Å²) in [6.07, 6.45) is 4.89. The highest BCUT2D eigenvalue weighted by Gasteiger charge is 2.45. The minimum atomic E-state index is -0.718. The first-order chi connectivity index (χ1) is 4.80. The van der Waals surface area contributed by atoms with Crippen molar-refractivity contribution in [3.63, 3.8) is 0 Å². The third kappa shape index (κ3) is 0.555. The summed E-state index contributed by atoms with van der Waals surface area (Å²) < 4.78 is 0. The molecule has 1 amide bonds. The van der Waals surface area contributed by atoms with E-state index in [9.17, 15) is 4.79 Å². The monoisotopic (exact) mass is 139 g/mol. The molecule has 1 unspecified atom stereocenters. The summed E-state index contributed by atoms with van der Waals surface area (Å²) >= 11 is 0. The maximum Gasteiger partial charge on any atom is 0.257 e. The van der Waals surface area contributed by atoms with Crippen molar-refractivity contribution in [1.29, 1.82) is 0 Å². The van der Waals surface area contributed by atoms with Crippen LogP contribution in [0.25, 0.3) is 0 Å². The molecule has 0 aromatic rings. The number of hydrogen-bond acceptors (Lipinski definition) is 2. The summed E-state index contributed by atoms with van der Waals surface area (Å²) in [5.74, 6) is -0.152. The van der Waals surface area contributed by atoms with Crippen molar-refractivity contribution in [3.8, 4) is 0 Å². The zero-order valence-corrected chi connectivity index (χ0v) is 5.53. The molecule has 0 spiro atoms. The van der Waals surface area contributed by atoms with Gasteiger partial charge in [-0.1, -0.05) is 6.08 Å². The van der Waals surface area contributed by atoms with E-state index in [1.165, 1.54) is 0 Å². The molecular weight excluding hydrogens is 130 g/mol. The Morgan fingerprint density at radius 3 is 3.20 bits per heavy atom. The third-order valence-corrected chi connectivity index (χ3v) is 2.12. The van der Waals surface area contributed by atoms with Crippen LogP contribution in [0.3, 0.4) is 0 Å².